The lowest BCUT2D eigenvalue weighted by molar-refractivity contribution is -0.0487. The van der Waals surface area contributed by atoms with Gasteiger partial charge in [-0.15, -0.1) is 10.2 Å². The van der Waals surface area contributed by atoms with Crippen molar-refractivity contribution in [1.29, 1.82) is 0 Å². The first-order valence-corrected chi connectivity index (χ1v) is 7.20. The lowest BCUT2D eigenvalue weighted by Gasteiger charge is -2.36. The number of aryl methyl sites for hydroxylation is 1. The molecule has 1 aliphatic heterocycles. The van der Waals surface area contributed by atoms with Crippen LogP contribution < -0.4 is 0 Å². The van der Waals surface area contributed by atoms with Crippen LogP contribution in [0.3, 0.4) is 0 Å². The molecule has 1 fully saturated rings. The summed E-state index contributed by atoms with van der Waals surface area (Å²) in [6.07, 6.45) is 1.42. The molecule has 22 heavy (non-hydrogen) atoms. The first-order chi connectivity index (χ1) is 10.6. The topological polar surface area (TPSA) is 43.2 Å². The highest BCUT2D eigenvalue weighted by molar-refractivity contribution is 5.22. The van der Waals surface area contributed by atoms with Crippen molar-refractivity contribution in [3.63, 3.8) is 0 Å². The van der Waals surface area contributed by atoms with Crippen molar-refractivity contribution in [2.45, 2.75) is 19.1 Å². The van der Waals surface area contributed by atoms with E-state index in [4.69, 9.17) is 4.74 Å². The number of morpholine rings is 1. The van der Waals surface area contributed by atoms with Crippen molar-refractivity contribution < 1.29 is 13.5 Å². The van der Waals surface area contributed by atoms with Crippen molar-refractivity contribution in [1.82, 2.24) is 19.7 Å². The zero-order valence-electron chi connectivity index (χ0n) is 12.5. The van der Waals surface area contributed by atoms with Crippen LogP contribution in [0.25, 0.3) is 0 Å². The van der Waals surface area contributed by atoms with Gasteiger partial charge in [-0.2, -0.15) is 0 Å². The third-order valence-electron chi connectivity index (χ3n) is 4.09. The van der Waals surface area contributed by atoms with E-state index in [0.717, 1.165) is 11.9 Å². The second-order valence-corrected chi connectivity index (χ2v) is 5.50. The number of rotatable bonds is 3. The molecule has 0 spiro atoms. The molecule has 0 amide bonds. The SMILES string of the molecule is CC(c1ccc(F)cc1F)N1CCOC(c2nncn2C)C1. The highest BCUT2D eigenvalue weighted by Gasteiger charge is 2.29. The second-order valence-electron chi connectivity index (χ2n) is 5.50. The predicted molar refractivity (Wildman–Crippen MR) is 76.0 cm³/mol. The minimum Gasteiger partial charge on any atom is -0.368 e. The zero-order valence-corrected chi connectivity index (χ0v) is 12.5. The molecule has 2 heterocycles. The number of ether oxygens (including phenoxy) is 1. The van der Waals surface area contributed by atoms with E-state index < -0.39 is 11.6 Å². The van der Waals surface area contributed by atoms with E-state index in [1.54, 1.807) is 6.33 Å². The molecule has 2 aromatic rings. The average Bonchev–Trinajstić information content (AvgIpc) is 2.93. The van der Waals surface area contributed by atoms with Gasteiger partial charge in [-0.25, -0.2) is 8.78 Å². The third-order valence-corrected chi connectivity index (χ3v) is 4.09. The maximum absolute atomic E-state index is 14.0. The summed E-state index contributed by atoms with van der Waals surface area (Å²) >= 11 is 0. The van der Waals surface area contributed by atoms with E-state index in [9.17, 15) is 8.78 Å². The van der Waals surface area contributed by atoms with Crippen molar-refractivity contribution >= 4 is 0 Å². The fourth-order valence-corrected chi connectivity index (χ4v) is 2.80. The number of hydrogen-bond acceptors (Lipinski definition) is 4. The van der Waals surface area contributed by atoms with Gasteiger partial charge in [0.2, 0.25) is 0 Å². The van der Waals surface area contributed by atoms with Crippen LogP contribution in [0.5, 0.6) is 0 Å². The summed E-state index contributed by atoms with van der Waals surface area (Å²) in [7, 11) is 1.86. The third kappa shape index (κ3) is 2.86. The fraction of sp³-hybridized carbons (Fsp3) is 0.467. The van der Waals surface area contributed by atoms with Gasteiger partial charge in [0, 0.05) is 37.8 Å². The Balaban J connectivity index is 1.78. The van der Waals surface area contributed by atoms with Crippen molar-refractivity contribution in [3.05, 3.63) is 47.5 Å². The van der Waals surface area contributed by atoms with Gasteiger partial charge in [0.15, 0.2) is 5.82 Å². The number of hydrogen-bond donors (Lipinski definition) is 0. The van der Waals surface area contributed by atoms with Crippen molar-refractivity contribution in [3.8, 4) is 0 Å². The molecule has 2 atom stereocenters. The maximum Gasteiger partial charge on any atom is 0.163 e. The molecule has 0 radical (unpaired) electrons. The Bertz CT molecular complexity index is 661. The normalized spacial score (nSPS) is 21.0. The molecular formula is C15H18F2N4O. The van der Waals surface area contributed by atoms with E-state index in [1.807, 2.05) is 18.5 Å². The highest BCUT2D eigenvalue weighted by Crippen LogP contribution is 2.29. The van der Waals surface area contributed by atoms with Crippen LogP contribution in [-0.2, 0) is 11.8 Å². The Labute approximate surface area is 127 Å². The van der Waals surface area contributed by atoms with Crippen LogP contribution in [0.2, 0.25) is 0 Å². The monoisotopic (exact) mass is 308 g/mol. The van der Waals surface area contributed by atoms with Gasteiger partial charge < -0.3 is 9.30 Å². The molecule has 1 aliphatic rings. The Morgan fingerprint density at radius 2 is 2.18 bits per heavy atom. The van der Waals surface area contributed by atoms with Gasteiger partial charge in [0.25, 0.3) is 0 Å². The maximum atomic E-state index is 14.0. The highest BCUT2D eigenvalue weighted by atomic mass is 19.1. The molecule has 7 heteroatoms. The van der Waals surface area contributed by atoms with Crippen LogP contribution in [0.1, 0.15) is 30.5 Å². The van der Waals surface area contributed by atoms with Crippen molar-refractivity contribution in [2.24, 2.45) is 7.05 Å². The largest absolute Gasteiger partial charge is 0.368 e. The van der Waals surface area contributed by atoms with Gasteiger partial charge in [0.05, 0.1) is 6.61 Å². The van der Waals surface area contributed by atoms with Crippen LogP contribution >= 0.6 is 0 Å². The molecule has 0 N–H and O–H groups in total. The second kappa shape index (κ2) is 6.10. The first kappa shape index (κ1) is 15.1. The van der Waals surface area contributed by atoms with Crippen LogP contribution in [0.15, 0.2) is 24.5 Å². The summed E-state index contributed by atoms with van der Waals surface area (Å²) in [4.78, 5) is 2.11. The van der Waals surface area contributed by atoms with E-state index in [1.165, 1.54) is 12.1 Å². The van der Waals surface area contributed by atoms with E-state index >= 15 is 0 Å². The Kier molecular flexibility index (Phi) is 4.17. The molecule has 5 nitrogen and oxygen atoms in total. The molecule has 3 rings (SSSR count). The Morgan fingerprint density at radius 3 is 2.86 bits per heavy atom. The number of nitrogens with zero attached hydrogens (tertiary/aromatic N) is 4. The summed E-state index contributed by atoms with van der Waals surface area (Å²) in [5, 5.41) is 7.93. The molecule has 1 aromatic carbocycles. The molecule has 118 valence electrons. The van der Waals surface area contributed by atoms with E-state index in [-0.39, 0.29) is 12.1 Å². The number of aromatic nitrogens is 3. The summed E-state index contributed by atoms with van der Waals surface area (Å²) in [5.74, 6) is -0.335. The number of benzene rings is 1. The first-order valence-electron chi connectivity index (χ1n) is 7.20. The minimum atomic E-state index is -0.563. The molecule has 1 aromatic heterocycles. The lowest BCUT2D eigenvalue weighted by atomic mass is 10.0. The van der Waals surface area contributed by atoms with Crippen LogP contribution in [0.4, 0.5) is 8.78 Å². The summed E-state index contributed by atoms with van der Waals surface area (Å²) in [6, 6.07) is 3.55. The smallest absolute Gasteiger partial charge is 0.163 e. The van der Waals surface area contributed by atoms with E-state index in [0.29, 0.717) is 25.3 Å². The fourth-order valence-electron chi connectivity index (χ4n) is 2.80. The van der Waals surface area contributed by atoms with Gasteiger partial charge >= 0.3 is 0 Å². The predicted octanol–water partition coefficient (Wildman–Crippen LogP) is 2.23. The summed E-state index contributed by atoms with van der Waals surface area (Å²) in [6.45, 7) is 3.72. The summed E-state index contributed by atoms with van der Waals surface area (Å²) in [5.41, 5.74) is 0.486. The van der Waals surface area contributed by atoms with Crippen LogP contribution in [-0.4, -0.2) is 39.4 Å². The van der Waals surface area contributed by atoms with Gasteiger partial charge in [-0.3, -0.25) is 4.90 Å². The molecular weight excluding hydrogens is 290 g/mol. The average molecular weight is 308 g/mol. The molecule has 0 bridgehead atoms. The van der Waals surface area contributed by atoms with Crippen LogP contribution in [0, 0.1) is 11.6 Å². The molecule has 0 aliphatic carbocycles. The molecule has 2 unspecified atom stereocenters. The quantitative estimate of drug-likeness (QED) is 0.872. The van der Waals surface area contributed by atoms with E-state index in [2.05, 4.69) is 15.1 Å². The minimum absolute atomic E-state index is 0.166. The van der Waals surface area contributed by atoms with Gasteiger partial charge in [-0.1, -0.05) is 6.07 Å². The molecule has 0 saturated carbocycles. The van der Waals surface area contributed by atoms with Gasteiger partial charge in [0.1, 0.15) is 24.1 Å². The standard InChI is InChI=1S/C15H18F2N4O/c1-10(12-4-3-11(16)7-13(12)17)21-5-6-22-14(8-21)15-19-18-9-20(15)2/h3-4,7,9-10,14H,5-6,8H2,1-2H3. The Hall–Kier alpha value is -1.86. The van der Waals surface area contributed by atoms with Crippen molar-refractivity contribution in [2.75, 3.05) is 19.7 Å². The number of halogens is 2. The zero-order chi connectivity index (χ0) is 15.7. The van der Waals surface area contributed by atoms with Gasteiger partial charge in [-0.05, 0) is 13.0 Å². The Morgan fingerprint density at radius 1 is 1.36 bits per heavy atom. The summed E-state index contributed by atoms with van der Waals surface area (Å²) < 4.78 is 34.6. The molecule has 1 saturated heterocycles. The lowest BCUT2D eigenvalue weighted by Crippen LogP contribution is -2.40.